The number of hydrogen-bond donors (Lipinski definition) is 0. The molecule has 1 heteroatoms. The first kappa shape index (κ1) is 33.4. The first-order valence-corrected chi connectivity index (χ1v) is 20.3. The summed E-state index contributed by atoms with van der Waals surface area (Å²) >= 11 is 0. The summed E-state index contributed by atoms with van der Waals surface area (Å²) in [5, 5.41) is 12.1. The van der Waals surface area contributed by atoms with Gasteiger partial charge in [-0.2, -0.15) is 0 Å². The molecule has 0 spiro atoms. The third-order valence-electron chi connectivity index (χ3n) is 12.2. The highest BCUT2D eigenvalue weighted by molar-refractivity contribution is 6.26. The predicted octanol–water partition coefficient (Wildman–Crippen LogP) is 16.5. The summed E-state index contributed by atoms with van der Waals surface area (Å²) in [6, 6.07) is 79.3. The van der Waals surface area contributed by atoms with E-state index in [1.54, 1.807) is 0 Å². The summed E-state index contributed by atoms with van der Waals surface area (Å²) < 4.78 is 6.87. The minimum absolute atomic E-state index is 0.882. The molecule has 0 aliphatic rings. The second-order valence-electron chi connectivity index (χ2n) is 15.5. The van der Waals surface area contributed by atoms with Gasteiger partial charge in [-0.05, 0) is 123 Å². The number of benzene rings is 11. The van der Waals surface area contributed by atoms with Gasteiger partial charge in [0.05, 0.1) is 0 Å². The van der Waals surface area contributed by atoms with E-state index in [1.807, 2.05) is 0 Å². The molecule has 0 saturated heterocycles. The topological polar surface area (TPSA) is 13.1 Å². The second-order valence-corrected chi connectivity index (χ2v) is 15.5. The molecule has 0 unspecified atom stereocenters. The molecule has 0 amide bonds. The van der Waals surface area contributed by atoms with Crippen molar-refractivity contribution in [3.63, 3.8) is 0 Å². The first-order valence-electron chi connectivity index (χ1n) is 20.3. The molecule has 0 N–H and O–H groups in total. The van der Waals surface area contributed by atoms with Gasteiger partial charge in [0.25, 0.3) is 0 Å². The Morgan fingerprint density at radius 3 is 1.17 bits per heavy atom. The summed E-state index contributed by atoms with van der Waals surface area (Å²) in [6.45, 7) is 0. The lowest BCUT2D eigenvalue weighted by Crippen LogP contribution is -1.91. The van der Waals surface area contributed by atoms with Crippen molar-refractivity contribution < 1.29 is 4.42 Å². The molecular weight excluding hydrogens is 713 g/mol. The highest BCUT2D eigenvalue weighted by atomic mass is 16.3. The van der Waals surface area contributed by atoms with Gasteiger partial charge in [-0.1, -0.05) is 194 Å². The number of hydrogen-bond acceptors (Lipinski definition) is 1. The highest BCUT2D eigenvalue weighted by Crippen LogP contribution is 2.49. The van der Waals surface area contributed by atoms with Gasteiger partial charge in [0.2, 0.25) is 0 Å². The Morgan fingerprint density at radius 2 is 0.627 bits per heavy atom. The van der Waals surface area contributed by atoms with Crippen molar-refractivity contribution in [2.24, 2.45) is 0 Å². The third-order valence-corrected chi connectivity index (χ3v) is 12.2. The Bertz CT molecular complexity index is 3480. The summed E-state index contributed by atoms with van der Waals surface area (Å²) in [5.74, 6) is 0. The lowest BCUT2D eigenvalue weighted by molar-refractivity contribution is 0.669. The van der Waals surface area contributed by atoms with Gasteiger partial charge in [-0.3, -0.25) is 0 Å². The van der Waals surface area contributed by atoms with E-state index in [1.165, 1.54) is 93.2 Å². The van der Waals surface area contributed by atoms with Crippen molar-refractivity contribution in [2.45, 2.75) is 0 Å². The Kier molecular flexibility index (Phi) is 7.61. The van der Waals surface area contributed by atoms with Crippen LogP contribution in [0.15, 0.2) is 223 Å². The summed E-state index contributed by atoms with van der Waals surface area (Å²) in [4.78, 5) is 0. The molecular formula is C58H36O. The lowest BCUT2D eigenvalue weighted by Gasteiger charge is -2.18. The van der Waals surface area contributed by atoms with Crippen molar-refractivity contribution in [2.75, 3.05) is 0 Å². The van der Waals surface area contributed by atoms with Crippen LogP contribution >= 0.6 is 0 Å². The average Bonchev–Trinajstić information content (AvgIpc) is 3.69. The van der Waals surface area contributed by atoms with Crippen LogP contribution in [0.2, 0.25) is 0 Å². The van der Waals surface area contributed by atoms with E-state index < -0.39 is 0 Å². The van der Waals surface area contributed by atoms with E-state index in [4.69, 9.17) is 4.42 Å². The molecule has 12 rings (SSSR count). The Labute approximate surface area is 342 Å². The van der Waals surface area contributed by atoms with Crippen molar-refractivity contribution in [3.05, 3.63) is 218 Å². The highest BCUT2D eigenvalue weighted by Gasteiger charge is 2.22. The lowest BCUT2D eigenvalue weighted by atomic mass is 9.84. The predicted molar refractivity (Wildman–Crippen MR) is 251 cm³/mol. The van der Waals surface area contributed by atoms with Gasteiger partial charge >= 0.3 is 0 Å². The van der Waals surface area contributed by atoms with Crippen LogP contribution < -0.4 is 0 Å². The van der Waals surface area contributed by atoms with Crippen molar-refractivity contribution >= 4 is 65.0 Å². The Balaban J connectivity index is 1.08. The minimum atomic E-state index is 0.882. The summed E-state index contributed by atoms with van der Waals surface area (Å²) in [7, 11) is 0. The maximum atomic E-state index is 6.87. The Morgan fingerprint density at radius 1 is 0.220 bits per heavy atom. The third kappa shape index (κ3) is 5.25. The summed E-state index contributed by atoms with van der Waals surface area (Å²) in [6.07, 6.45) is 0. The summed E-state index contributed by atoms with van der Waals surface area (Å²) in [5.41, 5.74) is 13.9. The van der Waals surface area contributed by atoms with E-state index in [-0.39, 0.29) is 0 Å². The number of rotatable bonds is 5. The number of furan rings is 1. The Hall–Kier alpha value is -7.74. The molecule has 59 heavy (non-hydrogen) atoms. The smallest absolute Gasteiger partial charge is 0.136 e. The minimum Gasteiger partial charge on any atom is -0.456 e. The molecule has 1 aromatic heterocycles. The molecule has 11 aromatic carbocycles. The van der Waals surface area contributed by atoms with E-state index >= 15 is 0 Å². The van der Waals surface area contributed by atoms with E-state index in [0.717, 1.165) is 27.5 Å². The largest absolute Gasteiger partial charge is 0.456 e. The molecule has 1 nitrogen and oxygen atoms in total. The van der Waals surface area contributed by atoms with E-state index in [9.17, 15) is 0 Å². The van der Waals surface area contributed by atoms with Crippen LogP contribution in [0.25, 0.3) is 121 Å². The molecule has 0 radical (unpaired) electrons. The van der Waals surface area contributed by atoms with Crippen LogP contribution in [0.3, 0.4) is 0 Å². The van der Waals surface area contributed by atoms with Crippen molar-refractivity contribution in [1.29, 1.82) is 0 Å². The molecule has 0 aliphatic carbocycles. The fourth-order valence-electron chi connectivity index (χ4n) is 9.76. The second kappa shape index (κ2) is 13.4. The molecule has 274 valence electrons. The number of fused-ring (bicyclic) bond motifs is 7. The molecule has 0 bridgehead atoms. The van der Waals surface area contributed by atoms with Crippen LogP contribution in [-0.2, 0) is 0 Å². The van der Waals surface area contributed by atoms with Gasteiger partial charge in [0.1, 0.15) is 11.2 Å². The zero-order valence-corrected chi connectivity index (χ0v) is 32.2. The average molecular weight is 749 g/mol. The quantitative estimate of drug-likeness (QED) is 0.160. The zero-order valence-electron chi connectivity index (χ0n) is 32.2. The van der Waals surface area contributed by atoms with Gasteiger partial charge in [-0.15, -0.1) is 0 Å². The van der Waals surface area contributed by atoms with E-state index in [0.29, 0.717) is 0 Å². The molecule has 12 aromatic rings. The van der Waals surface area contributed by atoms with Crippen molar-refractivity contribution in [3.8, 4) is 55.6 Å². The van der Waals surface area contributed by atoms with Gasteiger partial charge in [0.15, 0.2) is 0 Å². The van der Waals surface area contributed by atoms with Gasteiger partial charge < -0.3 is 4.42 Å². The van der Waals surface area contributed by atoms with Crippen LogP contribution in [0.4, 0.5) is 0 Å². The monoisotopic (exact) mass is 748 g/mol. The van der Waals surface area contributed by atoms with Crippen LogP contribution in [0, 0.1) is 0 Å². The fraction of sp³-hybridized carbons (Fsp3) is 0. The van der Waals surface area contributed by atoms with Gasteiger partial charge in [0, 0.05) is 10.8 Å². The maximum Gasteiger partial charge on any atom is 0.136 e. The molecule has 1 heterocycles. The van der Waals surface area contributed by atoms with Gasteiger partial charge in [-0.25, -0.2) is 0 Å². The fourth-order valence-corrected chi connectivity index (χ4v) is 9.76. The maximum absolute atomic E-state index is 6.87. The standard InChI is InChI=1S/C58H36O/c1-3-17-37(18-4-1)39-21-15-22-40(35-39)55-42-23-7-9-25-44(42)56(45-26-10-8-24-43(45)55)41-33-34-50-53(36-41)59-52-32-16-31-51(58(50)52)57-48-29-13-11-27-46(48)54(38-19-5-2-6-20-38)47-28-12-14-30-49(47)57/h1-36H. The van der Waals surface area contributed by atoms with Crippen LogP contribution in [0.1, 0.15) is 0 Å². The normalized spacial score (nSPS) is 11.7. The molecule has 0 aliphatic heterocycles. The first-order chi connectivity index (χ1) is 29.3. The van der Waals surface area contributed by atoms with Crippen molar-refractivity contribution in [1.82, 2.24) is 0 Å². The SMILES string of the molecule is c1ccc(-c2cccc(-c3c4ccccc4c(-c4ccc5c(c4)oc4cccc(-c6c7ccccc7c(-c7ccccc7)c7ccccc67)c45)c4ccccc34)c2)cc1. The zero-order chi connectivity index (χ0) is 38.9. The van der Waals surface area contributed by atoms with Crippen LogP contribution in [0.5, 0.6) is 0 Å². The molecule has 0 saturated carbocycles. The van der Waals surface area contributed by atoms with E-state index in [2.05, 4.69) is 218 Å². The molecule has 0 atom stereocenters. The molecule has 0 fully saturated rings. The van der Waals surface area contributed by atoms with Crippen LogP contribution in [-0.4, -0.2) is 0 Å².